The maximum atomic E-state index is 11.5. The summed E-state index contributed by atoms with van der Waals surface area (Å²) in [4.78, 5) is 17.1. The summed E-state index contributed by atoms with van der Waals surface area (Å²) in [7, 11) is 0. The highest BCUT2D eigenvalue weighted by Crippen LogP contribution is 2.34. The average molecular weight is 459 g/mol. The summed E-state index contributed by atoms with van der Waals surface area (Å²) in [5.74, 6) is 0.713. The van der Waals surface area contributed by atoms with E-state index in [2.05, 4.69) is 70.3 Å². The first-order chi connectivity index (χ1) is 14.6. The second kappa shape index (κ2) is 9.28. The van der Waals surface area contributed by atoms with E-state index in [1.165, 1.54) is 24.4 Å². The Hall–Kier alpha value is -2.58. The number of halogens is 1. The van der Waals surface area contributed by atoms with Gasteiger partial charge in [0.05, 0.1) is 10.7 Å². The molecule has 3 rings (SSSR count). The zero-order valence-electron chi connectivity index (χ0n) is 18.5. The first kappa shape index (κ1) is 23.1. The first-order valence-electron chi connectivity index (χ1n) is 9.98. The molecule has 0 aliphatic carbocycles. The number of amides is 1. The fourth-order valence-corrected chi connectivity index (χ4v) is 3.83. The van der Waals surface area contributed by atoms with Crippen molar-refractivity contribution in [1.82, 2.24) is 19.7 Å². The molecule has 164 valence electrons. The van der Waals surface area contributed by atoms with Gasteiger partial charge >= 0.3 is 0 Å². The lowest BCUT2D eigenvalue weighted by Gasteiger charge is -2.19. The fourth-order valence-electron chi connectivity index (χ4n) is 3.02. The molecular weight excluding hydrogens is 432 g/mol. The third-order valence-electron chi connectivity index (χ3n) is 4.57. The van der Waals surface area contributed by atoms with Crippen LogP contribution in [0.3, 0.4) is 0 Å². The number of nitrogens with one attached hydrogen (secondary N) is 2. The van der Waals surface area contributed by atoms with E-state index in [9.17, 15) is 4.79 Å². The number of pyridine rings is 1. The Morgan fingerprint density at radius 2 is 1.84 bits per heavy atom. The Kier molecular flexibility index (Phi) is 6.91. The number of benzene rings is 1. The zero-order chi connectivity index (χ0) is 22.8. The second-order valence-corrected chi connectivity index (χ2v) is 9.84. The van der Waals surface area contributed by atoms with E-state index in [0.29, 0.717) is 28.2 Å². The van der Waals surface area contributed by atoms with Crippen molar-refractivity contribution in [3.05, 3.63) is 47.1 Å². The highest BCUT2D eigenvalue weighted by atomic mass is 35.5. The van der Waals surface area contributed by atoms with Crippen molar-refractivity contribution in [3.63, 3.8) is 0 Å². The van der Waals surface area contributed by atoms with Crippen LogP contribution in [0.5, 0.6) is 0 Å². The lowest BCUT2D eigenvalue weighted by Crippen LogP contribution is -2.14. The van der Waals surface area contributed by atoms with Crippen molar-refractivity contribution in [1.29, 1.82) is 0 Å². The summed E-state index contributed by atoms with van der Waals surface area (Å²) in [6.07, 6.45) is 1.57. The largest absolute Gasteiger partial charge is 0.324 e. The number of nitrogens with zero attached hydrogens (tertiary/aromatic N) is 4. The Morgan fingerprint density at radius 1 is 1.16 bits per heavy atom. The smallest absolute Gasteiger partial charge is 0.231 e. The Bertz CT molecular complexity index is 1070. The third kappa shape index (κ3) is 5.57. The molecule has 2 heterocycles. The van der Waals surface area contributed by atoms with Gasteiger partial charge in [0.15, 0.2) is 5.82 Å². The Morgan fingerprint density at radius 3 is 2.42 bits per heavy atom. The Balaban J connectivity index is 1.92. The topological polar surface area (TPSA) is 84.7 Å². The van der Waals surface area contributed by atoms with Crippen molar-refractivity contribution in [3.8, 4) is 11.5 Å². The molecule has 0 unspecified atom stereocenters. The summed E-state index contributed by atoms with van der Waals surface area (Å²) in [6.45, 7) is 12.0. The summed E-state index contributed by atoms with van der Waals surface area (Å²) >= 11 is 7.69. The molecule has 9 heteroatoms. The number of aromatic nitrogens is 4. The zero-order valence-corrected chi connectivity index (χ0v) is 20.1. The molecule has 0 aliphatic rings. The highest BCUT2D eigenvalue weighted by molar-refractivity contribution is 8.00. The molecule has 2 aromatic heterocycles. The average Bonchev–Trinajstić information content (AvgIpc) is 3.09. The molecule has 2 N–H and O–H groups in total. The number of hydrogen-bond donors (Lipinski definition) is 2. The van der Waals surface area contributed by atoms with Crippen LogP contribution in [-0.2, 0) is 10.2 Å². The van der Waals surface area contributed by atoms with Gasteiger partial charge in [-0.25, -0.2) is 4.98 Å². The summed E-state index contributed by atoms with van der Waals surface area (Å²) < 4.78 is 5.18. The fraction of sp³-hybridized carbons (Fsp3) is 0.364. The van der Waals surface area contributed by atoms with Crippen LogP contribution in [0.25, 0.3) is 11.5 Å². The van der Waals surface area contributed by atoms with Crippen LogP contribution < -0.4 is 10.0 Å². The van der Waals surface area contributed by atoms with Crippen LogP contribution in [0, 0.1) is 0 Å². The van der Waals surface area contributed by atoms with Crippen LogP contribution in [0.2, 0.25) is 5.02 Å². The van der Waals surface area contributed by atoms with E-state index in [-0.39, 0.29) is 17.4 Å². The molecule has 0 spiro atoms. The summed E-state index contributed by atoms with van der Waals surface area (Å²) in [5, 5.41) is 11.7. The SMILES string of the molecule is CC(=O)Nc1nnc(-c2ncc(Cl)cc2NSc2ccc(C(C)(C)C)cc2)n1C(C)C. The van der Waals surface area contributed by atoms with Gasteiger partial charge in [0, 0.05) is 24.1 Å². The third-order valence-corrected chi connectivity index (χ3v) is 5.60. The molecule has 3 aromatic rings. The monoisotopic (exact) mass is 458 g/mol. The molecule has 0 fully saturated rings. The van der Waals surface area contributed by atoms with Crippen molar-refractivity contribution in [2.75, 3.05) is 10.0 Å². The lowest BCUT2D eigenvalue weighted by molar-refractivity contribution is -0.114. The minimum absolute atomic E-state index is 0.00905. The number of carbonyl (C=O) groups excluding carboxylic acids is 1. The number of anilines is 2. The van der Waals surface area contributed by atoms with E-state index in [1.54, 1.807) is 12.3 Å². The molecule has 1 aromatic carbocycles. The van der Waals surface area contributed by atoms with Gasteiger partial charge in [-0.2, -0.15) is 0 Å². The van der Waals surface area contributed by atoms with Gasteiger partial charge in [-0.15, -0.1) is 10.2 Å². The summed E-state index contributed by atoms with van der Waals surface area (Å²) in [6, 6.07) is 10.3. The van der Waals surface area contributed by atoms with E-state index in [1.807, 2.05) is 18.4 Å². The normalized spacial score (nSPS) is 11.6. The van der Waals surface area contributed by atoms with Gasteiger partial charge in [0.25, 0.3) is 0 Å². The van der Waals surface area contributed by atoms with Gasteiger partial charge in [0.1, 0.15) is 5.69 Å². The predicted octanol–water partition coefficient (Wildman–Crippen LogP) is 5.95. The van der Waals surface area contributed by atoms with Gasteiger partial charge in [-0.3, -0.25) is 14.7 Å². The minimum Gasteiger partial charge on any atom is -0.324 e. The summed E-state index contributed by atoms with van der Waals surface area (Å²) in [5.41, 5.74) is 2.69. The van der Waals surface area contributed by atoms with Crippen LogP contribution in [-0.4, -0.2) is 25.7 Å². The molecule has 0 atom stereocenters. The van der Waals surface area contributed by atoms with Crippen molar-refractivity contribution in [2.45, 2.75) is 57.9 Å². The molecule has 0 saturated carbocycles. The highest BCUT2D eigenvalue weighted by Gasteiger charge is 2.21. The molecule has 0 aliphatic heterocycles. The standard InChI is InChI=1S/C22H27ClN6OS/c1-13(2)29-20(26-27-21(29)25-14(3)30)19-18(11-16(23)12-24-19)28-31-17-9-7-15(8-10-17)22(4,5)6/h7-13,28H,1-6H3,(H,25,27,30). The van der Waals surface area contributed by atoms with E-state index in [4.69, 9.17) is 11.6 Å². The number of rotatable bonds is 6. The van der Waals surface area contributed by atoms with Crippen molar-refractivity contribution >= 4 is 41.1 Å². The first-order valence-corrected chi connectivity index (χ1v) is 11.2. The number of carbonyl (C=O) groups is 1. The molecular formula is C22H27ClN6OS. The van der Waals surface area contributed by atoms with Crippen LogP contribution in [0.1, 0.15) is 53.1 Å². The van der Waals surface area contributed by atoms with E-state index < -0.39 is 0 Å². The Labute approximate surface area is 192 Å². The number of hydrogen-bond acceptors (Lipinski definition) is 6. The maximum Gasteiger partial charge on any atom is 0.231 e. The minimum atomic E-state index is -0.211. The predicted molar refractivity (Wildman–Crippen MR) is 128 cm³/mol. The van der Waals surface area contributed by atoms with Gasteiger partial charge in [0.2, 0.25) is 11.9 Å². The van der Waals surface area contributed by atoms with Crippen LogP contribution in [0.15, 0.2) is 41.4 Å². The van der Waals surface area contributed by atoms with Gasteiger partial charge in [-0.05, 0) is 55.0 Å². The lowest BCUT2D eigenvalue weighted by atomic mass is 9.87. The molecule has 1 amide bonds. The molecule has 0 saturated heterocycles. The van der Waals surface area contributed by atoms with Crippen molar-refractivity contribution < 1.29 is 4.79 Å². The quantitative estimate of drug-likeness (QED) is 0.444. The second-order valence-electron chi connectivity index (χ2n) is 8.52. The van der Waals surface area contributed by atoms with E-state index in [0.717, 1.165) is 4.90 Å². The van der Waals surface area contributed by atoms with E-state index >= 15 is 0 Å². The molecule has 7 nitrogen and oxygen atoms in total. The molecule has 0 bridgehead atoms. The van der Waals surface area contributed by atoms with Gasteiger partial charge < -0.3 is 4.72 Å². The van der Waals surface area contributed by atoms with Crippen LogP contribution >= 0.6 is 23.5 Å². The maximum absolute atomic E-state index is 11.5. The van der Waals surface area contributed by atoms with Crippen LogP contribution in [0.4, 0.5) is 11.6 Å². The molecule has 0 radical (unpaired) electrons. The molecule has 31 heavy (non-hydrogen) atoms. The van der Waals surface area contributed by atoms with Crippen molar-refractivity contribution in [2.24, 2.45) is 0 Å². The van der Waals surface area contributed by atoms with Gasteiger partial charge in [-0.1, -0.05) is 44.5 Å².